The van der Waals surface area contributed by atoms with E-state index in [1.807, 2.05) is 13.1 Å². The van der Waals surface area contributed by atoms with Gasteiger partial charge in [-0.1, -0.05) is 0 Å². The Bertz CT molecular complexity index is 269. The molecule has 0 fully saturated rings. The second-order valence-corrected chi connectivity index (χ2v) is 2.64. The molecule has 0 atom stereocenters. The van der Waals surface area contributed by atoms with Gasteiger partial charge < -0.3 is 10.6 Å². The molecule has 4 nitrogen and oxygen atoms in total. The van der Waals surface area contributed by atoms with E-state index in [1.165, 1.54) is 0 Å². The quantitative estimate of drug-likeness (QED) is 0.853. The lowest BCUT2D eigenvalue weighted by Crippen LogP contribution is -2.18. The molecule has 0 saturated heterocycles. The molecule has 1 aromatic rings. The van der Waals surface area contributed by atoms with Crippen molar-refractivity contribution < 1.29 is 4.79 Å². The van der Waals surface area contributed by atoms with Crippen LogP contribution in [0.2, 0.25) is 0 Å². The van der Waals surface area contributed by atoms with E-state index >= 15 is 0 Å². The van der Waals surface area contributed by atoms with Gasteiger partial charge in [0, 0.05) is 19.2 Å². The Morgan fingerprint density at radius 1 is 1.47 bits per heavy atom. The van der Waals surface area contributed by atoms with Gasteiger partial charge in [0.2, 0.25) is 5.91 Å². The Kier molecular flexibility index (Phi) is 10.7. The van der Waals surface area contributed by atoms with Crippen molar-refractivity contribution in [3.8, 4) is 0 Å². The predicted octanol–water partition coefficient (Wildman–Crippen LogP) is 1.47. The summed E-state index contributed by atoms with van der Waals surface area (Å²) in [7, 11) is 1.82. The minimum absolute atomic E-state index is 0. The number of pyridine rings is 1. The summed E-state index contributed by atoms with van der Waals surface area (Å²) in [6.07, 6.45) is 3.77. The zero-order chi connectivity index (χ0) is 9.52. The van der Waals surface area contributed by atoms with Crippen molar-refractivity contribution in [2.24, 2.45) is 0 Å². The van der Waals surface area contributed by atoms with E-state index in [9.17, 15) is 4.79 Å². The highest BCUT2D eigenvalue weighted by Gasteiger charge is 1.99. The van der Waals surface area contributed by atoms with Crippen LogP contribution in [0.1, 0.15) is 6.42 Å². The Morgan fingerprint density at radius 3 is 2.73 bits per heavy atom. The number of aromatic nitrogens is 1. The third-order valence-corrected chi connectivity index (χ3v) is 1.55. The first kappa shape index (κ1) is 16.6. The number of carbonyl (C=O) groups is 1. The molecule has 0 unspecified atom stereocenters. The number of rotatable bonds is 4. The van der Waals surface area contributed by atoms with Crippen molar-refractivity contribution in [1.82, 2.24) is 10.3 Å². The van der Waals surface area contributed by atoms with Crippen molar-refractivity contribution in [3.05, 3.63) is 24.5 Å². The van der Waals surface area contributed by atoms with Crippen LogP contribution in [-0.2, 0) is 4.79 Å². The van der Waals surface area contributed by atoms with Gasteiger partial charge in [-0.2, -0.15) is 0 Å². The number of anilines is 1. The number of halogens is 2. The standard InChI is InChI=1S/C9H13N3O.2ClH/c1-10-6-4-9(13)12-8-3-2-5-11-7-8;;/h2-3,5,7,10H,4,6H2,1H3,(H,12,13);2*1H. The summed E-state index contributed by atoms with van der Waals surface area (Å²) in [5.41, 5.74) is 0.739. The summed E-state index contributed by atoms with van der Waals surface area (Å²) in [4.78, 5) is 15.1. The van der Waals surface area contributed by atoms with Crippen LogP contribution >= 0.6 is 24.8 Å². The van der Waals surface area contributed by atoms with Crippen LogP contribution in [0.3, 0.4) is 0 Å². The van der Waals surface area contributed by atoms with E-state index in [0.29, 0.717) is 13.0 Å². The van der Waals surface area contributed by atoms with Crippen LogP contribution < -0.4 is 10.6 Å². The number of carbonyl (C=O) groups excluding carboxylic acids is 1. The SMILES string of the molecule is CNCCC(=O)Nc1cccnc1.Cl.Cl. The third kappa shape index (κ3) is 7.13. The van der Waals surface area contributed by atoms with Gasteiger partial charge in [0.15, 0.2) is 0 Å². The van der Waals surface area contributed by atoms with E-state index in [2.05, 4.69) is 15.6 Å². The maximum Gasteiger partial charge on any atom is 0.225 e. The number of hydrogen-bond acceptors (Lipinski definition) is 3. The lowest BCUT2D eigenvalue weighted by Gasteiger charge is -2.03. The lowest BCUT2D eigenvalue weighted by molar-refractivity contribution is -0.116. The minimum Gasteiger partial charge on any atom is -0.325 e. The number of hydrogen-bond donors (Lipinski definition) is 2. The zero-order valence-corrected chi connectivity index (χ0v) is 10.0. The van der Waals surface area contributed by atoms with Gasteiger partial charge in [0.05, 0.1) is 11.9 Å². The van der Waals surface area contributed by atoms with Crippen molar-refractivity contribution in [3.63, 3.8) is 0 Å². The maximum absolute atomic E-state index is 11.2. The summed E-state index contributed by atoms with van der Waals surface area (Å²) >= 11 is 0. The van der Waals surface area contributed by atoms with Crippen LogP contribution in [-0.4, -0.2) is 24.5 Å². The highest BCUT2D eigenvalue weighted by molar-refractivity contribution is 5.90. The molecular weight excluding hydrogens is 237 g/mol. The van der Waals surface area contributed by atoms with E-state index in [4.69, 9.17) is 0 Å². The molecule has 0 bridgehead atoms. The van der Waals surface area contributed by atoms with E-state index in [1.54, 1.807) is 18.5 Å². The fourth-order valence-electron chi connectivity index (χ4n) is 0.899. The molecule has 0 radical (unpaired) electrons. The van der Waals surface area contributed by atoms with Crippen molar-refractivity contribution in [1.29, 1.82) is 0 Å². The van der Waals surface area contributed by atoms with Gasteiger partial charge in [-0.3, -0.25) is 9.78 Å². The first-order valence-electron chi connectivity index (χ1n) is 4.17. The summed E-state index contributed by atoms with van der Waals surface area (Å²) in [5, 5.41) is 5.64. The van der Waals surface area contributed by atoms with Crippen LogP contribution in [0.4, 0.5) is 5.69 Å². The molecular formula is C9H15Cl2N3O. The largest absolute Gasteiger partial charge is 0.325 e. The molecule has 86 valence electrons. The van der Waals surface area contributed by atoms with Gasteiger partial charge >= 0.3 is 0 Å². The molecule has 6 heteroatoms. The Hall–Kier alpha value is -0.840. The van der Waals surface area contributed by atoms with Gasteiger partial charge in [-0.15, -0.1) is 24.8 Å². The van der Waals surface area contributed by atoms with Crippen LogP contribution in [0, 0.1) is 0 Å². The molecule has 1 heterocycles. The number of nitrogens with one attached hydrogen (secondary N) is 2. The third-order valence-electron chi connectivity index (χ3n) is 1.55. The summed E-state index contributed by atoms with van der Waals surface area (Å²) < 4.78 is 0. The molecule has 0 aliphatic carbocycles. The summed E-state index contributed by atoms with van der Waals surface area (Å²) in [6.45, 7) is 0.687. The molecule has 1 aromatic heterocycles. The van der Waals surface area contributed by atoms with Gasteiger partial charge in [-0.25, -0.2) is 0 Å². The first-order valence-corrected chi connectivity index (χ1v) is 4.17. The minimum atomic E-state index is 0. The summed E-state index contributed by atoms with van der Waals surface area (Å²) in [5.74, 6) is 0.00218. The van der Waals surface area contributed by atoms with E-state index in [-0.39, 0.29) is 30.7 Å². The van der Waals surface area contributed by atoms with Gasteiger partial charge in [0.25, 0.3) is 0 Å². The van der Waals surface area contributed by atoms with Crippen LogP contribution in [0.25, 0.3) is 0 Å². The Morgan fingerprint density at radius 2 is 2.20 bits per heavy atom. The van der Waals surface area contributed by atoms with Crippen LogP contribution in [0.5, 0.6) is 0 Å². The molecule has 0 aromatic carbocycles. The highest BCUT2D eigenvalue weighted by atomic mass is 35.5. The predicted molar refractivity (Wildman–Crippen MR) is 65.9 cm³/mol. The van der Waals surface area contributed by atoms with Crippen molar-refractivity contribution in [2.45, 2.75) is 6.42 Å². The van der Waals surface area contributed by atoms with Crippen molar-refractivity contribution in [2.75, 3.05) is 18.9 Å². The molecule has 0 aliphatic rings. The molecule has 0 aliphatic heterocycles. The maximum atomic E-state index is 11.2. The lowest BCUT2D eigenvalue weighted by atomic mass is 10.3. The highest BCUT2D eigenvalue weighted by Crippen LogP contribution is 2.02. The Labute approximate surface area is 102 Å². The molecule has 1 amide bonds. The fraction of sp³-hybridized carbons (Fsp3) is 0.333. The summed E-state index contributed by atoms with van der Waals surface area (Å²) in [6, 6.07) is 3.60. The number of amides is 1. The zero-order valence-electron chi connectivity index (χ0n) is 8.40. The van der Waals surface area contributed by atoms with E-state index in [0.717, 1.165) is 5.69 Å². The van der Waals surface area contributed by atoms with E-state index < -0.39 is 0 Å². The molecule has 0 spiro atoms. The topological polar surface area (TPSA) is 54.0 Å². The van der Waals surface area contributed by atoms with Gasteiger partial charge in [-0.05, 0) is 19.2 Å². The average molecular weight is 252 g/mol. The molecule has 2 N–H and O–H groups in total. The molecule has 0 saturated carbocycles. The van der Waals surface area contributed by atoms with Crippen LogP contribution in [0.15, 0.2) is 24.5 Å². The normalized spacial score (nSPS) is 8.33. The smallest absolute Gasteiger partial charge is 0.225 e. The van der Waals surface area contributed by atoms with Gasteiger partial charge in [0.1, 0.15) is 0 Å². The first-order chi connectivity index (χ1) is 6.33. The number of nitrogens with zero attached hydrogens (tertiary/aromatic N) is 1. The van der Waals surface area contributed by atoms with Crippen molar-refractivity contribution >= 4 is 36.4 Å². The average Bonchev–Trinajstić information content (AvgIpc) is 2.16. The molecule has 1 rings (SSSR count). The molecule has 15 heavy (non-hydrogen) atoms. The fourth-order valence-corrected chi connectivity index (χ4v) is 0.899. The Balaban J connectivity index is 0. The monoisotopic (exact) mass is 251 g/mol. The second kappa shape index (κ2) is 9.71. The second-order valence-electron chi connectivity index (χ2n) is 2.64.